The number of nitrogens with one attached hydrogen (secondary N) is 2. The Hall–Kier alpha value is -4.61. The second-order valence-corrected chi connectivity index (χ2v) is 7.51. The minimum Gasteiger partial charge on any atom is -0.483 e. The fourth-order valence-corrected chi connectivity index (χ4v) is 3.04. The van der Waals surface area contributed by atoms with Crippen LogP contribution < -0.4 is 15.4 Å². The van der Waals surface area contributed by atoms with E-state index in [1.54, 1.807) is 48.5 Å². The van der Waals surface area contributed by atoms with Gasteiger partial charge in [-0.25, -0.2) is 4.79 Å². The Morgan fingerprint density at radius 3 is 2.23 bits per heavy atom. The molecular weight excluding hydrogens is 470 g/mol. The number of halogens is 1. The summed E-state index contributed by atoms with van der Waals surface area (Å²) in [5.41, 5.74) is 1.56. The van der Waals surface area contributed by atoms with E-state index in [0.717, 1.165) is 0 Å². The topological polar surface area (TPSA) is 118 Å². The summed E-state index contributed by atoms with van der Waals surface area (Å²) in [6, 6.07) is 21.2. The van der Waals surface area contributed by atoms with E-state index in [0.29, 0.717) is 33.3 Å². The molecule has 2 amide bonds. The van der Waals surface area contributed by atoms with Crippen molar-refractivity contribution in [1.29, 1.82) is 5.26 Å². The van der Waals surface area contributed by atoms with Crippen LogP contribution in [0.1, 0.15) is 15.9 Å². The van der Waals surface area contributed by atoms with Crippen LogP contribution in [0, 0.1) is 11.3 Å². The zero-order valence-corrected chi connectivity index (χ0v) is 19.3. The number of amides is 2. The number of hydrogen-bond acceptors (Lipinski definition) is 6. The summed E-state index contributed by atoms with van der Waals surface area (Å²) in [5, 5.41) is 15.4. The molecule has 0 aliphatic rings. The summed E-state index contributed by atoms with van der Waals surface area (Å²) in [7, 11) is 1.27. The molecule has 0 aliphatic carbocycles. The molecule has 3 aromatic rings. The van der Waals surface area contributed by atoms with Gasteiger partial charge in [-0.3, -0.25) is 9.59 Å². The highest BCUT2D eigenvalue weighted by Crippen LogP contribution is 2.22. The van der Waals surface area contributed by atoms with E-state index in [2.05, 4.69) is 15.4 Å². The highest BCUT2D eigenvalue weighted by molar-refractivity contribution is 6.30. The van der Waals surface area contributed by atoms with Crippen molar-refractivity contribution in [3.63, 3.8) is 0 Å². The molecule has 176 valence electrons. The number of carbonyl (C=O) groups excluding carboxylic acids is 3. The van der Waals surface area contributed by atoms with Crippen LogP contribution in [0.2, 0.25) is 5.02 Å². The predicted octanol–water partition coefficient (Wildman–Crippen LogP) is 4.69. The van der Waals surface area contributed by atoms with E-state index in [1.807, 2.05) is 6.07 Å². The Balaban J connectivity index is 1.67. The van der Waals surface area contributed by atoms with Gasteiger partial charge >= 0.3 is 5.97 Å². The van der Waals surface area contributed by atoms with Gasteiger partial charge in [-0.2, -0.15) is 5.26 Å². The molecule has 8 nitrogen and oxygen atoms in total. The van der Waals surface area contributed by atoms with Crippen molar-refractivity contribution < 1.29 is 23.9 Å². The zero-order valence-electron chi connectivity index (χ0n) is 18.6. The monoisotopic (exact) mass is 489 g/mol. The summed E-state index contributed by atoms with van der Waals surface area (Å²) in [6.07, 6.45) is 1.37. The third kappa shape index (κ3) is 7.19. The first-order valence-electron chi connectivity index (χ1n) is 10.3. The van der Waals surface area contributed by atoms with Crippen LogP contribution >= 0.6 is 11.6 Å². The van der Waals surface area contributed by atoms with Gasteiger partial charge in [-0.1, -0.05) is 29.8 Å². The summed E-state index contributed by atoms with van der Waals surface area (Å²) in [5.74, 6) is -1.21. The largest absolute Gasteiger partial charge is 0.483 e. The molecular formula is C26H20ClN3O5. The van der Waals surface area contributed by atoms with Gasteiger partial charge in [0.15, 0.2) is 6.61 Å². The van der Waals surface area contributed by atoms with Gasteiger partial charge in [0.05, 0.1) is 12.7 Å². The number of hydrogen-bond donors (Lipinski definition) is 2. The Morgan fingerprint density at radius 2 is 1.57 bits per heavy atom. The number of nitrogens with zero attached hydrogens (tertiary/aromatic N) is 1. The first-order chi connectivity index (χ1) is 16.9. The van der Waals surface area contributed by atoms with E-state index in [-0.39, 0.29) is 18.1 Å². The molecule has 0 aliphatic heterocycles. The molecule has 0 unspecified atom stereocenters. The van der Waals surface area contributed by atoms with Crippen molar-refractivity contribution in [3.8, 4) is 11.8 Å². The van der Waals surface area contributed by atoms with Crippen molar-refractivity contribution in [2.75, 3.05) is 24.4 Å². The lowest BCUT2D eigenvalue weighted by Crippen LogP contribution is -2.20. The predicted molar refractivity (Wildman–Crippen MR) is 132 cm³/mol. The normalized spacial score (nSPS) is 10.6. The van der Waals surface area contributed by atoms with Crippen molar-refractivity contribution in [1.82, 2.24) is 0 Å². The number of methoxy groups -OCH3 is 1. The lowest BCUT2D eigenvalue weighted by molar-refractivity contribution is -0.118. The third-order valence-corrected chi connectivity index (χ3v) is 4.89. The van der Waals surface area contributed by atoms with Crippen LogP contribution in [0.3, 0.4) is 0 Å². The van der Waals surface area contributed by atoms with Gasteiger partial charge in [-0.15, -0.1) is 0 Å². The smallest absolute Gasteiger partial charge is 0.337 e. The highest BCUT2D eigenvalue weighted by atomic mass is 35.5. The lowest BCUT2D eigenvalue weighted by Gasteiger charge is -2.10. The second kappa shape index (κ2) is 12.0. The Labute approximate surface area is 206 Å². The van der Waals surface area contributed by atoms with E-state index in [9.17, 15) is 19.6 Å². The van der Waals surface area contributed by atoms with Gasteiger partial charge in [-0.05, 0) is 60.7 Å². The number of nitriles is 1. The van der Waals surface area contributed by atoms with Crippen molar-refractivity contribution in [2.24, 2.45) is 0 Å². The number of carbonyl (C=O) groups is 3. The minimum atomic E-state index is -0.645. The van der Waals surface area contributed by atoms with Gasteiger partial charge in [0.1, 0.15) is 17.4 Å². The van der Waals surface area contributed by atoms with Crippen LogP contribution in [0.15, 0.2) is 78.4 Å². The van der Waals surface area contributed by atoms with Crippen LogP contribution in [0.5, 0.6) is 5.75 Å². The van der Waals surface area contributed by atoms with Crippen LogP contribution in [0.4, 0.5) is 11.4 Å². The molecule has 0 atom stereocenters. The summed E-state index contributed by atoms with van der Waals surface area (Å²) < 4.78 is 10.3. The van der Waals surface area contributed by atoms with Crippen molar-refractivity contribution in [2.45, 2.75) is 0 Å². The molecule has 0 aromatic heterocycles. The molecule has 0 fully saturated rings. The molecule has 3 rings (SSSR count). The SMILES string of the molecule is COC(=O)c1ccc(NC(=O)/C(C#N)=C/c2ccccc2OCC(=O)Nc2ccc(Cl)cc2)cc1. The fourth-order valence-electron chi connectivity index (χ4n) is 2.91. The zero-order chi connectivity index (χ0) is 25.2. The summed E-state index contributed by atoms with van der Waals surface area (Å²) in [6.45, 7) is -0.284. The Kier molecular flexibility index (Phi) is 8.59. The average molecular weight is 490 g/mol. The van der Waals surface area contributed by atoms with Crippen molar-refractivity contribution in [3.05, 3.63) is 94.5 Å². The van der Waals surface area contributed by atoms with Crippen LogP contribution in [0.25, 0.3) is 6.08 Å². The molecule has 3 aromatic carbocycles. The molecule has 9 heteroatoms. The maximum absolute atomic E-state index is 12.6. The minimum absolute atomic E-state index is 0.177. The number of benzene rings is 3. The molecule has 0 bridgehead atoms. The number of anilines is 2. The number of para-hydroxylation sites is 1. The molecule has 2 N–H and O–H groups in total. The Morgan fingerprint density at radius 1 is 0.943 bits per heavy atom. The van der Waals surface area contributed by atoms with E-state index in [4.69, 9.17) is 16.3 Å². The maximum atomic E-state index is 12.6. The molecule has 0 saturated carbocycles. The lowest BCUT2D eigenvalue weighted by atomic mass is 10.1. The first kappa shape index (κ1) is 25.0. The fraction of sp³-hybridized carbons (Fsp3) is 0.0769. The van der Waals surface area contributed by atoms with E-state index in [1.165, 1.54) is 37.5 Å². The first-order valence-corrected chi connectivity index (χ1v) is 10.7. The second-order valence-electron chi connectivity index (χ2n) is 7.07. The van der Waals surface area contributed by atoms with Gasteiger partial charge < -0.3 is 20.1 Å². The third-order valence-electron chi connectivity index (χ3n) is 4.63. The molecule has 0 radical (unpaired) electrons. The number of ether oxygens (including phenoxy) is 2. The molecule has 0 heterocycles. The summed E-state index contributed by atoms with van der Waals surface area (Å²) >= 11 is 5.84. The van der Waals surface area contributed by atoms with Gasteiger partial charge in [0, 0.05) is 22.0 Å². The standard InChI is InChI=1S/C26H20ClN3O5/c1-34-26(33)17-6-10-22(11-7-17)30-25(32)19(15-28)14-18-4-2-3-5-23(18)35-16-24(31)29-21-12-8-20(27)9-13-21/h2-14H,16H2,1H3,(H,29,31)(H,30,32)/b19-14+. The van der Waals surface area contributed by atoms with Crippen LogP contribution in [-0.2, 0) is 14.3 Å². The van der Waals surface area contributed by atoms with E-state index < -0.39 is 11.9 Å². The molecule has 35 heavy (non-hydrogen) atoms. The number of esters is 1. The average Bonchev–Trinajstić information content (AvgIpc) is 2.87. The van der Waals surface area contributed by atoms with Gasteiger partial charge in [0.2, 0.25) is 0 Å². The summed E-state index contributed by atoms with van der Waals surface area (Å²) in [4.78, 5) is 36.4. The number of rotatable bonds is 8. The van der Waals surface area contributed by atoms with Crippen molar-refractivity contribution >= 4 is 46.8 Å². The quantitative estimate of drug-likeness (QED) is 0.269. The highest BCUT2D eigenvalue weighted by Gasteiger charge is 2.13. The molecule has 0 saturated heterocycles. The van der Waals surface area contributed by atoms with E-state index >= 15 is 0 Å². The maximum Gasteiger partial charge on any atom is 0.337 e. The molecule has 0 spiro atoms. The van der Waals surface area contributed by atoms with Gasteiger partial charge in [0.25, 0.3) is 11.8 Å². The van der Waals surface area contributed by atoms with Crippen LogP contribution in [-0.4, -0.2) is 31.5 Å². The Bertz CT molecular complexity index is 1300.